The zero-order valence-corrected chi connectivity index (χ0v) is 12.9. The van der Waals surface area contributed by atoms with Crippen molar-refractivity contribution in [1.82, 2.24) is 10.6 Å². The molecule has 2 N–H and O–H groups in total. The van der Waals surface area contributed by atoms with Crippen molar-refractivity contribution in [2.75, 3.05) is 27.3 Å². The number of rotatable bonds is 6. The topological polar surface area (TPSA) is 98.0 Å². The van der Waals surface area contributed by atoms with Gasteiger partial charge in [-0.3, -0.25) is 15.1 Å². The van der Waals surface area contributed by atoms with E-state index in [0.717, 1.165) is 12.5 Å². The van der Waals surface area contributed by atoms with Gasteiger partial charge < -0.3 is 20.1 Å². The number of hydrogen-bond acceptors (Lipinski definition) is 7. The highest BCUT2D eigenvalue weighted by Gasteiger charge is 2.19. The maximum absolute atomic E-state index is 11.2. The minimum absolute atomic E-state index is 0.0223. The van der Waals surface area contributed by atoms with Gasteiger partial charge in [0, 0.05) is 18.2 Å². The number of nitro groups is 1. The SMILES string of the molecule is COc1cc(CCNC2=NCC(C)N2)c([N+](=O)[O-])cc1OC. The average Bonchev–Trinajstić information content (AvgIpc) is 2.91. The third-order valence-electron chi connectivity index (χ3n) is 3.37. The number of nitrogens with one attached hydrogen (secondary N) is 2. The van der Waals surface area contributed by atoms with Gasteiger partial charge in [-0.15, -0.1) is 0 Å². The van der Waals surface area contributed by atoms with E-state index in [2.05, 4.69) is 15.6 Å². The van der Waals surface area contributed by atoms with Crippen LogP contribution < -0.4 is 20.1 Å². The van der Waals surface area contributed by atoms with Crippen molar-refractivity contribution in [3.05, 3.63) is 27.8 Å². The van der Waals surface area contributed by atoms with Crippen molar-refractivity contribution in [3.8, 4) is 11.5 Å². The summed E-state index contributed by atoms with van der Waals surface area (Å²) < 4.78 is 10.3. The van der Waals surface area contributed by atoms with E-state index >= 15 is 0 Å². The van der Waals surface area contributed by atoms with Crippen LogP contribution in [0.4, 0.5) is 5.69 Å². The predicted octanol–water partition coefficient (Wildman–Crippen LogP) is 1.09. The summed E-state index contributed by atoms with van der Waals surface area (Å²) >= 11 is 0. The number of ether oxygens (including phenoxy) is 2. The molecule has 0 aliphatic carbocycles. The van der Waals surface area contributed by atoms with Crippen LogP contribution in [-0.4, -0.2) is 44.2 Å². The molecule has 120 valence electrons. The molecule has 0 aromatic heterocycles. The summed E-state index contributed by atoms with van der Waals surface area (Å²) in [5.41, 5.74) is 0.607. The molecule has 1 unspecified atom stereocenters. The standard InChI is InChI=1S/C14H20N4O4/c1-9-8-16-14(17-9)15-5-4-10-6-12(21-2)13(22-3)7-11(10)18(19)20/h6-7,9H,4-5,8H2,1-3H3,(H2,15,16,17). The number of nitro benzene ring substituents is 1. The van der Waals surface area contributed by atoms with Gasteiger partial charge in [0.25, 0.3) is 5.69 Å². The highest BCUT2D eigenvalue weighted by molar-refractivity contribution is 5.81. The summed E-state index contributed by atoms with van der Waals surface area (Å²) in [7, 11) is 2.96. The van der Waals surface area contributed by atoms with E-state index in [4.69, 9.17) is 9.47 Å². The van der Waals surface area contributed by atoms with E-state index in [1.807, 2.05) is 6.92 Å². The van der Waals surface area contributed by atoms with Gasteiger partial charge >= 0.3 is 0 Å². The fourth-order valence-corrected chi connectivity index (χ4v) is 2.26. The fourth-order valence-electron chi connectivity index (χ4n) is 2.26. The van der Waals surface area contributed by atoms with E-state index < -0.39 is 4.92 Å². The molecule has 1 aromatic rings. The molecule has 1 aliphatic heterocycles. The Balaban J connectivity index is 2.09. The maximum atomic E-state index is 11.2. The molecule has 22 heavy (non-hydrogen) atoms. The van der Waals surface area contributed by atoms with Gasteiger partial charge in [0.2, 0.25) is 0 Å². The molecule has 1 atom stereocenters. The first-order chi connectivity index (χ1) is 10.5. The van der Waals surface area contributed by atoms with E-state index in [1.54, 1.807) is 6.07 Å². The van der Waals surface area contributed by atoms with Gasteiger partial charge in [-0.25, -0.2) is 0 Å². The number of nitrogens with zero attached hydrogens (tertiary/aromatic N) is 2. The zero-order chi connectivity index (χ0) is 16.1. The first kappa shape index (κ1) is 15.9. The van der Waals surface area contributed by atoms with Crippen LogP contribution in [0, 0.1) is 10.1 Å². The number of hydrogen-bond donors (Lipinski definition) is 2. The van der Waals surface area contributed by atoms with Crippen molar-refractivity contribution in [1.29, 1.82) is 0 Å². The first-order valence-corrected chi connectivity index (χ1v) is 6.99. The Kier molecular flexibility index (Phi) is 5.03. The monoisotopic (exact) mass is 308 g/mol. The summed E-state index contributed by atoms with van der Waals surface area (Å²) in [6.07, 6.45) is 0.478. The molecule has 0 saturated carbocycles. The molecule has 1 heterocycles. The smallest absolute Gasteiger partial charge is 0.276 e. The van der Waals surface area contributed by atoms with Gasteiger partial charge in [-0.2, -0.15) is 0 Å². The quantitative estimate of drug-likeness (QED) is 0.603. The Bertz CT molecular complexity index is 588. The fraction of sp³-hybridized carbons (Fsp3) is 0.500. The molecule has 0 amide bonds. The van der Waals surface area contributed by atoms with Crippen molar-refractivity contribution in [2.45, 2.75) is 19.4 Å². The van der Waals surface area contributed by atoms with Crippen LogP contribution in [0.5, 0.6) is 11.5 Å². The van der Waals surface area contributed by atoms with Crippen LogP contribution in [0.3, 0.4) is 0 Å². The number of methoxy groups -OCH3 is 2. The molecular formula is C14H20N4O4. The molecule has 8 heteroatoms. The minimum Gasteiger partial charge on any atom is -0.493 e. The van der Waals surface area contributed by atoms with E-state index in [0.29, 0.717) is 36.1 Å². The molecule has 1 aliphatic rings. The third-order valence-corrected chi connectivity index (χ3v) is 3.37. The number of benzene rings is 1. The van der Waals surface area contributed by atoms with Crippen molar-refractivity contribution in [2.24, 2.45) is 4.99 Å². The van der Waals surface area contributed by atoms with Gasteiger partial charge in [0.15, 0.2) is 17.5 Å². The molecule has 1 aromatic carbocycles. The van der Waals surface area contributed by atoms with Crippen LogP contribution in [-0.2, 0) is 6.42 Å². The van der Waals surface area contributed by atoms with Crippen molar-refractivity contribution < 1.29 is 14.4 Å². The van der Waals surface area contributed by atoms with Crippen LogP contribution >= 0.6 is 0 Å². The summed E-state index contributed by atoms with van der Waals surface area (Å²) in [5.74, 6) is 1.56. The van der Waals surface area contributed by atoms with Crippen molar-refractivity contribution in [3.63, 3.8) is 0 Å². The molecule has 2 rings (SSSR count). The highest BCUT2D eigenvalue weighted by Crippen LogP contribution is 2.34. The molecule has 0 saturated heterocycles. The van der Waals surface area contributed by atoms with Gasteiger partial charge in [0.1, 0.15) is 0 Å². The van der Waals surface area contributed by atoms with Crippen molar-refractivity contribution >= 4 is 11.6 Å². The Morgan fingerprint density at radius 2 is 2.09 bits per heavy atom. The second-order valence-corrected chi connectivity index (χ2v) is 5.00. The second-order valence-electron chi connectivity index (χ2n) is 5.00. The van der Waals surface area contributed by atoms with E-state index in [1.165, 1.54) is 20.3 Å². The second kappa shape index (κ2) is 6.97. The van der Waals surface area contributed by atoms with Crippen LogP contribution in [0.25, 0.3) is 0 Å². The highest BCUT2D eigenvalue weighted by atomic mass is 16.6. The van der Waals surface area contributed by atoms with Crippen LogP contribution in [0.2, 0.25) is 0 Å². The summed E-state index contributed by atoms with van der Waals surface area (Å²) in [5, 5.41) is 17.5. The van der Waals surface area contributed by atoms with Crippen LogP contribution in [0.1, 0.15) is 12.5 Å². The minimum atomic E-state index is -0.412. The third kappa shape index (κ3) is 3.57. The Labute approximate surface area is 128 Å². The molecule has 0 spiro atoms. The molecule has 0 radical (unpaired) electrons. The lowest BCUT2D eigenvalue weighted by Crippen LogP contribution is -2.38. The number of aliphatic imine (C=N–C) groups is 1. The van der Waals surface area contributed by atoms with E-state index in [9.17, 15) is 10.1 Å². The average molecular weight is 308 g/mol. The normalized spacial score (nSPS) is 16.7. The van der Waals surface area contributed by atoms with Crippen LogP contribution in [0.15, 0.2) is 17.1 Å². The lowest BCUT2D eigenvalue weighted by atomic mass is 10.1. The Hall–Kier alpha value is -2.51. The summed E-state index contributed by atoms with van der Waals surface area (Å²) in [6, 6.07) is 3.35. The molecule has 8 nitrogen and oxygen atoms in total. The Morgan fingerprint density at radius 1 is 1.41 bits per heavy atom. The van der Waals surface area contributed by atoms with Gasteiger partial charge in [0.05, 0.1) is 31.8 Å². The number of guanidine groups is 1. The maximum Gasteiger partial charge on any atom is 0.276 e. The zero-order valence-electron chi connectivity index (χ0n) is 12.9. The lowest BCUT2D eigenvalue weighted by molar-refractivity contribution is -0.385. The van der Waals surface area contributed by atoms with E-state index in [-0.39, 0.29) is 5.69 Å². The van der Waals surface area contributed by atoms with Gasteiger partial charge in [-0.1, -0.05) is 0 Å². The predicted molar refractivity (Wildman–Crippen MR) is 82.8 cm³/mol. The molecule has 0 fully saturated rings. The summed E-state index contributed by atoms with van der Waals surface area (Å²) in [4.78, 5) is 15.1. The largest absolute Gasteiger partial charge is 0.493 e. The lowest BCUT2D eigenvalue weighted by Gasteiger charge is -2.12. The Morgan fingerprint density at radius 3 is 2.64 bits per heavy atom. The molecular weight excluding hydrogens is 288 g/mol. The molecule has 0 bridgehead atoms. The first-order valence-electron chi connectivity index (χ1n) is 6.99. The summed E-state index contributed by atoms with van der Waals surface area (Å²) in [6.45, 7) is 3.31. The van der Waals surface area contributed by atoms with Gasteiger partial charge in [-0.05, 0) is 19.4 Å².